The third kappa shape index (κ3) is 14.6. The van der Waals surface area contributed by atoms with Gasteiger partial charge in [-0.3, -0.25) is 0 Å². The Kier molecular flexibility index (Phi) is 19.5. The van der Waals surface area contributed by atoms with Gasteiger partial charge in [-0.1, -0.05) is 85.6 Å². The summed E-state index contributed by atoms with van der Waals surface area (Å²) in [5.74, 6) is 0.850. The van der Waals surface area contributed by atoms with Crippen LogP contribution in [-0.4, -0.2) is 37.3 Å². The molecule has 0 fully saturated rings. The summed E-state index contributed by atoms with van der Waals surface area (Å²) in [5.41, 5.74) is 11.8. The van der Waals surface area contributed by atoms with Gasteiger partial charge in [0, 0.05) is 31.5 Å². The quantitative estimate of drug-likeness (QED) is 0.220. The Bertz CT molecular complexity index is 964. The lowest BCUT2D eigenvalue weighted by atomic mass is 9.84. The standard InChI is InChI=1S/C30H46N4.C3H8.CH5N/c1-13-22(5)26(23(6)19-30(9,10)11)17-15-16-24(7)32-25(8)27-18-28(21(3)4)34(14-2)29(33-27)20-31-12;1-3-2;1-2/h13,15,17-18,20,24,31-32H,1,3,6,8,14,16,19H2,2,4-5,7,9-12H3;3H2,1-2H3;2H2,1H3/b17-15-,26-22+,29-20-;;. The maximum absolute atomic E-state index is 4.82. The molecule has 0 saturated carbocycles. The third-order valence-electron chi connectivity index (χ3n) is 5.46. The zero-order chi connectivity index (χ0) is 30.8. The highest BCUT2D eigenvalue weighted by Gasteiger charge is 2.21. The van der Waals surface area contributed by atoms with Crippen molar-refractivity contribution >= 4 is 5.71 Å². The number of hydrogen-bond donors (Lipinski definition) is 3. The van der Waals surface area contributed by atoms with Crippen molar-refractivity contribution in [2.45, 2.75) is 87.6 Å². The summed E-state index contributed by atoms with van der Waals surface area (Å²) in [6.45, 7) is 36.8. The van der Waals surface area contributed by atoms with E-state index in [0.717, 1.165) is 59.0 Å². The van der Waals surface area contributed by atoms with E-state index in [2.05, 4.69) is 121 Å². The molecule has 0 saturated heterocycles. The molecule has 0 spiro atoms. The van der Waals surface area contributed by atoms with Crippen LogP contribution in [0.15, 0.2) is 101 Å². The molecule has 4 N–H and O–H groups in total. The first-order valence-corrected chi connectivity index (χ1v) is 14.1. The van der Waals surface area contributed by atoms with E-state index in [1.165, 1.54) is 19.0 Å². The van der Waals surface area contributed by atoms with Crippen molar-refractivity contribution in [2.24, 2.45) is 16.1 Å². The van der Waals surface area contributed by atoms with E-state index in [4.69, 9.17) is 4.99 Å². The van der Waals surface area contributed by atoms with E-state index < -0.39 is 0 Å². The average Bonchev–Trinajstić information content (AvgIpc) is 2.86. The Labute approximate surface area is 241 Å². The van der Waals surface area contributed by atoms with Crippen LogP contribution in [0.5, 0.6) is 0 Å². The number of aliphatic imine (C=N–C) groups is 1. The van der Waals surface area contributed by atoms with Gasteiger partial charge in [-0.25, -0.2) is 4.99 Å². The number of nitrogens with two attached hydrogens (primary N) is 1. The first-order valence-electron chi connectivity index (χ1n) is 14.1. The zero-order valence-corrected chi connectivity index (χ0v) is 27.1. The van der Waals surface area contributed by atoms with Crippen LogP contribution in [0.1, 0.15) is 81.6 Å². The minimum atomic E-state index is 0.190. The minimum absolute atomic E-state index is 0.190. The molecular weight excluding hydrogens is 478 g/mol. The molecule has 0 bridgehead atoms. The molecule has 1 unspecified atom stereocenters. The van der Waals surface area contributed by atoms with Crippen LogP contribution in [0.4, 0.5) is 0 Å². The van der Waals surface area contributed by atoms with Gasteiger partial charge in [-0.2, -0.15) is 0 Å². The fraction of sp³-hybridized carbons (Fsp3) is 0.500. The normalized spacial score (nSPS) is 15.5. The molecule has 0 aliphatic carbocycles. The fourth-order valence-electron chi connectivity index (χ4n) is 3.82. The van der Waals surface area contributed by atoms with E-state index in [9.17, 15) is 0 Å². The molecular formula is C34H59N5. The second-order valence-electron chi connectivity index (χ2n) is 10.9. The van der Waals surface area contributed by atoms with E-state index in [-0.39, 0.29) is 11.5 Å². The van der Waals surface area contributed by atoms with Gasteiger partial charge in [-0.15, -0.1) is 0 Å². The number of hydrogen-bond acceptors (Lipinski definition) is 5. The molecule has 1 atom stereocenters. The van der Waals surface area contributed by atoms with E-state index in [1.807, 2.05) is 26.2 Å². The van der Waals surface area contributed by atoms with Crippen LogP contribution >= 0.6 is 0 Å². The summed E-state index contributed by atoms with van der Waals surface area (Å²) < 4.78 is 0. The van der Waals surface area contributed by atoms with E-state index in [0.29, 0.717) is 0 Å². The summed E-state index contributed by atoms with van der Waals surface area (Å²) in [6, 6.07) is 0.190. The zero-order valence-electron chi connectivity index (χ0n) is 27.1. The molecule has 0 aromatic heterocycles. The predicted octanol–water partition coefficient (Wildman–Crippen LogP) is 8.17. The molecule has 5 heteroatoms. The molecule has 0 radical (unpaired) electrons. The Morgan fingerprint density at radius 1 is 1.13 bits per heavy atom. The van der Waals surface area contributed by atoms with Crippen molar-refractivity contribution in [2.75, 3.05) is 20.6 Å². The molecule has 1 aliphatic rings. The summed E-state index contributed by atoms with van der Waals surface area (Å²) in [4.78, 5) is 6.96. The summed E-state index contributed by atoms with van der Waals surface area (Å²) in [5, 5.41) is 6.60. The largest absolute Gasteiger partial charge is 0.391 e. The number of likely N-dealkylation sites (N-methyl/N-ethyl adjacent to an activating group) is 1. The van der Waals surface area contributed by atoms with Crippen LogP contribution in [0.2, 0.25) is 0 Å². The molecule has 220 valence electrons. The molecule has 1 aliphatic heterocycles. The first kappa shape index (κ1) is 38.1. The molecule has 5 nitrogen and oxygen atoms in total. The van der Waals surface area contributed by atoms with Gasteiger partial charge in [0.05, 0.1) is 11.4 Å². The summed E-state index contributed by atoms with van der Waals surface area (Å²) in [6.07, 6.45) is 13.3. The van der Waals surface area contributed by atoms with Crippen LogP contribution in [0, 0.1) is 5.41 Å². The maximum Gasteiger partial charge on any atom is 0.149 e. The van der Waals surface area contributed by atoms with Gasteiger partial charge in [0.25, 0.3) is 0 Å². The molecule has 0 aromatic carbocycles. The summed E-state index contributed by atoms with van der Waals surface area (Å²) >= 11 is 0. The maximum atomic E-state index is 4.82. The van der Waals surface area contributed by atoms with Crippen LogP contribution < -0.4 is 16.4 Å². The van der Waals surface area contributed by atoms with Crippen molar-refractivity contribution in [3.8, 4) is 0 Å². The van der Waals surface area contributed by atoms with Crippen molar-refractivity contribution in [3.05, 3.63) is 96.3 Å². The SMILES string of the molecule is C=C/C(C)=C(\C=C/CC(C)NC(=C)C1=N/C(=C/NC)N(CC)C(C(=C)C)=C1)C(=C)CC(C)(C)C.CCC.CN. The Balaban J connectivity index is 0. The monoisotopic (exact) mass is 537 g/mol. The fourth-order valence-corrected chi connectivity index (χ4v) is 3.82. The Hall–Kier alpha value is -3.05. The number of rotatable bonds is 12. The van der Waals surface area contributed by atoms with Crippen LogP contribution in [0.3, 0.4) is 0 Å². The minimum Gasteiger partial charge on any atom is -0.391 e. The van der Waals surface area contributed by atoms with Gasteiger partial charge in [-0.05, 0) is 81.4 Å². The molecule has 1 rings (SSSR count). The number of nitrogens with zero attached hydrogens (tertiary/aromatic N) is 2. The van der Waals surface area contributed by atoms with E-state index in [1.54, 1.807) is 0 Å². The highest BCUT2D eigenvalue weighted by Crippen LogP contribution is 2.29. The second kappa shape index (κ2) is 19.9. The molecule has 1 heterocycles. The van der Waals surface area contributed by atoms with Gasteiger partial charge in [0.2, 0.25) is 0 Å². The van der Waals surface area contributed by atoms with E-state index >= 15 is 0 Å². The molecule has 39 heavy (non-hydrogen) atoms. The summed E-state index contributed by atoms with van der Waals surface area (Å²) in [7, 11) is 3.38. The van der Waals surface area contributed by atoms with Gasteiger partial charge >= 0.3 is 0 Å². The Morgan fingerprint density at radius 2 is 1.69 bits per heavy atom. The average molecular weight is 538 g/mol. The van der Waals surface area contributed by atoms with Crippen molar-refractivity contribution in [1.29, 1.82) is 0 Å². The van der Waals surface area contributed by atoms with Crippen molar-refractivity contribution < 1.29 is 0 Å². The Morgan fingerprint density at radius 3 is 2.13 bits per heavy atom. The second-order valence-corrected chi connectivity index (χ2v) is 10.9. The van der Waals surface area contributed by atoms with Crippen LogP contribution in [0.25, 0.3) is 0 Å². The van der Waals surface area contributed by atoms with Crippen LogP contribution in [-0.2, 0) is 0 Å². The molecule has 0 aromatic rings. The lowest BCUT2D eigenvalue weighted by Crippen LogP contribution is -2.32. The van der Waals surface area contributed by atoms with Gasteiger partial charge in [0.1, 0.15) is 5.82 Å². The third-order valence-corrected chi connectivity index (χ3v) is 5.46. The topological polar surface area (TPSA) is 65.7 Å². The lowest BCUT2D eigenvalue weighted by molar-refractivity contribution is 0.412. The van der Waals surface area contributed by atoms with Gasteiger partial charge < -0.3 is 21.3 Å². The van der Waals surface area contributed by atoms with Gasteiger partial charge in [0.15, 0.2) is 0 Å². The molecule has 0 amide bonds. The lowest BCUT2D eigenvalue weighted by Gasteiger charge is -2.31. The number of allylic oxidation sites excluding steroid dienone is 7. The highest BCUT2D eigenvalue weighted by atomic mass is 15.2. The van der Waals surface area contributed by atoms with Crippen molar-refractivity contribution in [1.82, 2.24) is 15.5 Å². The van der Waals surface area contributed by atoms with Crippen molar-refractivity contribution in [3.63, 3.8) is 0 Å². The highest BCUT2D eigenvalue weighted by molar-refractivity contribution is 6.09. The smallest absolute Gasteiger partial charge is 0.149 e. The number of nitrogens with one attached hydrogen (secondary N) is 2. The first-order chi connectivity index (χ1) is 18.3. The predicted molar refractivity (Wildman–Crippen MR) is 178 cm³/mol.